The first-order valence-corrected chi connectivity index (χ1v) is 1.11. The summed E-state index contributed by atoms with van der Waals surface area (Å²) in [6.45, 7) is 2.90. The monoisotopic (exact) mass is 134 g/mol. The molecule has 0 aliphatic carbocycles. The van der Waals surface area contributed by atoms with Gasteiger partial charge in [0.25, 0.3) is 0 Å². The Balaban J connectivity index is -0.0000000800. The fourth-order valence-corrected chi connectivity index (χ4v) is 0. The third kappa shape index (κ3) is 18.1. The molecule has 0 spiro atoms. The Morgan fingerprint density at radius 2 is 1.86 bits per heavy atom. The summed E-state index contributed by atoms with van der Waals surface area (Å²) in [6.07, 6.45) is 0.722. The minimum absolute atomic E-state index is 0. The van der Waals surface area contributed by atoms with Crippen LogP contribution < -0.4 is 34.7 Å². The van der Waals surface area contributed by atoms with Crippen molar-refractivity contribution in [3.8, 4) is 0 Å². The number of carbonyl (C=O) groups excluding carboxylic acids is 1. The maximum absolute atomic E-state index is 9.14. The van der Waals surface area contributed by atoms with E-state index in [2.05, 4.69) is 6.58 Å². The molecular formula is C3H4KNaO2. The van der Waals surface area contributed by atoms with Gasteiger partial charge in [0.2, 0.25) is 0 Å². The van der Waals surface area contributed by atoms with E-state index in [4.69, 9.17) is 9.90 Å². The summed E-state index contributed by atoms with van der Waals surface area (Å²) < 4.78 is 0. The van der Waals surface area contributed by atoms with E-state index in [0.717, 1.165) is 6.08 Å². The normalized spacial score (nSPS) is 4.57. The third-order valence-electron chi connectivity index (χ3n) is 0.167. The predicted octanol–water partition coefficient (Wildman–Crippen LogP) is -4.72. The van der Waals surface area contributed by atoms with Crippen LogP contribution in [0.1, 0.15) is 0 Å². The van der Waals surface area contributed by atoms with Crippen LogP contribution in [0.4, 0.5) is 0 Å². The van der Waals surface area contributed by atoms with Crippen LogP contribution in [0.25, 0.3) is 0 Å². The Labute approximate surface area is 107 Å². The summed E-state index contributed by atoms with van der Waals surface area (Å²) in [5.74, 6) is -1.23. The molecule has 30 valence electrons. The molecule has 0 radical (unpaired) electrons. The maximum atomic E-state index is 9.14. The van der Waals surface area contributed by atoms with Crippen molar-refractivity contribution in [1.82, 2.24) is 0 Å². The molecule has 0 aromatic carbocycles. The molecule has 0 saturated carbocycles. The Morgan fingerprint density at radius 1 is 1.71 bits per heavy atom. The van der Waals surface area contributed by atoms with Crippen LogP contribution in [0.15, 0.2) is 12.7 Å². The van der Waals surface area contributed by atoms with Gasteiger partial charge in [-0.2, -0.15) is 0 Å². The van der Waals surface area contributed by atoms with Crippen LogP contribution in [0.2, 0.25) is 0 Å². The fraction of sp³-hybridized carbons (Fsp3) is 0. The van der Waals surface area contributed by atoms with Gasteiger partial charge in [-0.15, -0.1) is 0 Å². The molecule has 0 rings (SSSR count). The van der Waals surface area contributed by atoms with Gasteiger partial charge in [-0.05, 0) is 6.08 Å². The van der Waals surface area contributed by atoms with Crippen molar-refractivity contribution in [3.05, 3.63) is 12.7 Å². The van der Waals surface area contributed by atoms with E-state index in [1.807, 2.05) is 0 Å². The molecule has 0 bridgehead atoms. The predicted molar refractivity (Wildman–Crippen MR) is 22.4 cm³/mol. The molecule has 2 nitrogen and oxygen atoms in total. The molecule has 0 N–H and O–H groups in total. The van der Waals surface area contributed by atoms with E-state index in [-0.39, 0.29) is 80.9 Å². The van der Waals surface area contributed by atoms with Crippen molar-refractivity contribution >= 4 is 57.4 Å². The van der Waals surface area contributed by atoms with Crippen LogP contribution in [0.5, 0.6) is 0 Å². The maximum Gasteiger partial charge on any atom is 1.00 e. The first-order chi connectivity index (χ1) is 2.27. The molecule has 0 atom stereocenters. The second kappa shape index (κ2) is 10.8. The Kier molecular flexibility index (Phi) is 24.5. The van der Waals surface area contributed by atoms with Crippen molar-refractivity contribution in [2.75, 3.05) is 0 Å². The van der Waals surface area contributed by atoms with Crippen molar-refractivity contribution in [3.63, 3.8) is 0 Å². The summed E-state index contributed by atoms with van der Waals surface area (Å²) >= 11 is 0. The summed E-state index contributed by atoms with van der Waals surface area (Å²) in [5.41, 5.74) is 0. The van der Waals surface area contributed by atoms with E-state index >= 15 is 0 Å². The average molecular weight is 134 g/mol. The summed E-state index contributed by atoms with van der Waals surface area (Å²) in [7, 11) is 0. The summed E-state index contributed by atoms with van der Waals surface area (Å²) in [5, 5.41) is 9.14. The number of carbonyl (C=O) groups is 1. The first kappa shape index (κ1) is 15.9. The van der Waals surface area contributed by atoms with Gasteiger partial charge in [-0.3, -0.25) is 0 Å². The van der Waals surface area contributed by atoms with Crippen molar-refractivity contribution in [1.29, 1.82) is 0 Å². The van der Waals surface area contributed by atoms with E-state index in [1.165, 1.54) is 0 Å². The second-order valence-electron chi connectivity index (χ2n) is 0.523. The SMILES string of the molecule is C=CC(=O)[O-].[KH].[Na+]. The van der Waals surface area contributed by atoms with Crippen molar-refractivity contribution < 1.29 is 39.5 Å². The topological polar surface area (TPSA) is 40.1 Å². The van der Waals surface area contributed by atoms with Gasteiger partial charge < -0.3 is 9.90 Å². The Hall–Kier alpha value is 1.85. The molecule has 4 heteroatoms. The number of carboxylic acid groups (broad SMARTS) is 1. The molecular weight excluding hydrogens is 130 g/mol. The van der Waals surface area contributed by atoms with Crippen LogP contribution in [-0.4, -0.2) is 57.4 Å². The zero-order valence-corrected chi connectivity index (χ0v) is 5.60. The van der Waals surface area contributed by atoms with Crippen molar-refractivity contribution in [2.45, 2.75) is 0 Å². The van der Waals surface area contributed by atoms with E-state index < -0.39 is 5.97 Å². The third-order valence-corrected chi connectivity index (χ3v) is 0.167. The molecule has 0 heterocycles. The smallest absolute Gasteiger partial charge is 1.00 e. The molecule has 7 heavy (non-hydrogen) atoms. The zero-order chi connectivity index (χ0) is 4.28. The van der Waals surface area contributed by atoms with Gasteiger partial charge >= 0.3 is 80.9 Å². The van der Waals surface area contributed by atoms with Crippen LogP contribution >= 0.6 is 0 Å². The minimum Gasteiger partial charge on any atom is 1.00 e. The second-order valence-corrected chi connectivity index (χ2v) is 0.523. The van der Waals surface area contributed by atoms with Crippen LogP contribution in [0.3, 0.4) is 0 Å². The van der Waals surface area contributed by atoms with Gasteiger partial charge in [0.05, 0.1) is 5.97 Å². The molecule has 0 aliphatic rings. The van der Waals surface area contributed by atoms with Gasteiger partial charge in [-0.25, -0.2) is 0 Å². The zero-order valence-electron chi connectivity index (χ0n) is 3.60. The van der Waals surface area contributed by atoms with Crippen LogP contribution in [0, 0.1) is 0 Å². The molecule has 0 saturated heterocycles. The standard InChI is InChI=1S/C3H4O2.K.Na.H/c1-2-3(4)5;;;/h2H,1H2,(H,4,5);;;/q;;+1;/p-1. The first-order valence-electron chi connectivity index (χ1n) is 1.11. The number of hydrogen-bond acceptors (Lipinski definition) is 2. The fourth-order valence-electron chi connectivity index (χ4n) is 0. The molecule has 0 aromatic rings. The van der Waals surface area contributed by atoms with E-state index in [1.54, 1.807) is 0 Å². The Bertz CT molecular complexity index is 64.0. The van der Waals surface area contributed by atoms with Gasteiger partial charge in [0, 0.05) is 0 Å². The Morgan fingerprint density at radius 3 is 1.86 bits per heavy atom. The average Bonchev–Trinajstić information content (AvgIpc) is 1.38. The largest absolute Gasteiger partial charge is 1.00 e. The number of hydrogen-bond donors (Lipinski definition) is 0. The van der Waals surface area contributed by atoms with Gasteiger partial charge in [-0.1, -0.05) is 6.58 Å². The van der Waals surface area contributed by atoms with E-state index in [9.17, 15) is 0 Å². The quantitative estimate of drug-likeness (QED) is 0.267. The molecule has 0 unspecified atom stereocenters. The molecule has 0 aromatic heterocycles. The molecule has 0 amide bonds. The number of aliphatic carboxylic acids is 1. The number of rotatable bonds is 1. The van der Waals surface area contributed by atoms with Gasteiger partial charge in [0.1, 0.15) is 0 Å². The minimum atomic E-state index is -1.23. The summed E-state index contributed by atoms with van der Waals surface area (Å²) in [4.78, 5) is 9.14. The van der Waals surface area contributed by atoms with Crippen LogP contribution in [-0.2, 0) is 4.79 Å². The van der Waals surface area contributed by atoms with Gasteiger partial charge in [0.15, 0.2) is 0 Å². The van der Waals surface area contributed by atoms with E-state index in [0.29, 0.717) is 0 Å². The number of carboxylic acids is 1. The summed E-state index contributed by atoms with van der Waals surface area (Å²) in [6, 6.07) is 0. The van der Waals surface area contributed by atoms with Crippen molar-refractivity contribution in [2.24, 2.45) is 0 Å². The molecule has 0 fully saturated rings. The molecule has 0 aliphatic heterocycles.